The Balaban J connectivity index is 2.89. The molecule has 0 radical (unpaired) electrons. The molecule has 1 aromatic rings. The summed E-state index contributed by atoms with van der Waals surface area (Å²) in [5, 5.41) is 1.88. The van der Waals surface area contributed by atoms with E-state index in [1.165, 1.54) is 5.56 Å². The largest absolute Gasteiger partial charge is 0.0922 e. The molecular weight excluding hydrogens is 271 g/mol. The predicted octanol–water partition coefficient (Wildman–Crippen LogP) is 4.94. The van der Waals surface area contributed by atoms with Gasteiger partial charge in [0.15, 0.2) is 0 Å². The van der Waals surface area contributed by atoms with Crippen LogP contribution in [0.15, 0.2) is 24.3 Å². The molecule has 0 bridgehead atoms. The Labute approximate surface area is 106 Å². The first-order valence-electron chi connectivity index (χ1n) is 5.29. The third kappa shape index (κ3) is 3.22. The van der Waals surface area contributed by atoms with Crippen molar-refractivity contribution in [1.82, 2.24) is 0 Å². The predicted molar refractivity (Wildman–Crippen MR) is 71.9 cm³/mol. The van der Waals surface area contributed by atoms with E-state index in [0.717, 1.165) is 16.8 Å². The third-order valence-electron chi connectivity index (χ3n) is 3.25. The van der Waals surface area contributed by atoms with E-state index in [-0.39, 0.29) is 5.41 Å². The molecule has 0 heterocycles. The number of benzene rings is 1. The second-order valence-corrected chi connectivity index (χ2v) is 5.68. The molecule has 15 heavy (non-hydrogen) atoms. The van der Waals surface area contributed by atoms with Crippen LogP contribution in [0.5, 0.6) is 0 Å². The number of rotatable bonds is 4. The van der Waals surface area contributed by atoms with Gasteiger partial charge in [-0.3, -0.25) is 0 Å². The highest BCUT2D eigenvalue weighted by molar-refractivity contribution is 9.09. The maximum Gasteiger partial charge on any atom is 0.0438 e. The second kappa shape index (κ2) is 5.36. The van der Waals surface area contributed by atoms with Gasteiger partial charge in [0.25, 0.3) is 0 Å². The SMILES string of the molecule is CC(C)C(C)(CBr)Cc1ccccc1Cl. The first kappa shape index (κ1) is 13.1. The summed E-state index contributed by atoms with van der Waals surface area (Å²) >= 11 is 9.79. The van der Waals surface area contributed by atoms with Crippen molar-refractivity contribution in [3.63, 3.8) is 0 Å². The quantitative estimate of drug-likeness (QED) is 0.689. The van der Waals surface area contributed by atoms with Crippen molar-refractivity contribution < 1.29 is 0 Å². The lowest BCUT2D eigenvalue weighted by Crippen LogP contribution is -2.28. The average Bonchev–Trinajstić information content (AvgIpc) is 2.21. The summed E-state index contributed by atoms with van der Waals surface area (Å²) in [7, 11) is 0. The minimum atomic E-state index is 0.269. The van der Waals surface area contributed by atoms with E-state index >= 15 is 0 Å². The van der Waals surface area contributed by atoms with Gasteiger partial charge in [-0.1, -0.05) is 66.5 Å². The fourth-order valence-electron chi connectivity index (χ4n) is 1.48. The Morgan fingerprint density at radius 3 is 2.40 bits per heavy atom. The Bertz CT molecular complexity index is 322. The molecule has 0 aromatic heterocycles. The lowest BCUT2D eigenvalue weighted by Gasteiger charge is -2.32. The van der Waals surface area contributed by atoms with Crippen LogP contribution in [0.4, 0.5) is 0 Å². The summed E-state index contributed by atoms with van der Waals surface area (Å²) in [4.78, 5) is 0. The van der Waals surface area contributed by atoms with E-state index in [1.54, 1.807) is 0 Å². The van der Waals surface area contributed by atoms with Gasteiger partial charge in [0.05, 0.1) is 0 Å². The lowest BCUT2D eigenvalue weighted by molar-refractivity contribution is 0.258. The van der Waals surface area contributed by atoms with Crippen molar-refractivity contribution in [2.24, 2.45) is 11.3 Å². The molecule has 0 saturated carbocycles. The van der Waals surface area contributed by atoms with E-state index in [0.29, 0.717) is 5.92 Å². The maximum atomic E-state index is 6.18. The molecule has 0 aliphatic rings. The van der Waals surface area contributed by atoms with Crippen LogP contribution in [0.2, 0.25) is 5.02 Å². The molecule has 0 amide bonds. The molecule has 0 fully saturated rings. The van der Waals surface area contributed by atoms with Crippen LogP contribution in [0.25, 0.3) is 0 Å². The van der Waals surface area contributed by atoms with Gasteiger partial charge < -0.3 is 0 Å². The van der Waals surface area contributed by atoms with Crippen LogP contribution >= 0.6 is 27.5 Å². The molecule has 84 valence electrons. The van der Waals surface area contributed by atoms with Gasteiger partial charge in [0.1, 0.15) is 0 Å². The van der Waals surface area contributed by atoms with Crippen LogP contribution in [0.1, 0.15) is 26.3 Å². The van der Waals surface area contributed by atoms with E-state index in [9.17, 15) is 0 Å². The fraction of sp³-hybridized carbons (Fsp3) is 0.538. The number of hydrogen-bond donors (Lipinski definition) is 0. The molecule has 1 rings (SSSR count). The van der Waals surface area contributed by atoms with Crippen molar-refractivity contribution in [2.75, 3.05) is 5.33 Å². The van der Waals surface area contributed by atoms with Crippen molar-refractivity contribution in [2.45, 2.75) is 27.2 Å². The standard InChI is InChI=1S/C13H18BrCl/c1-10(2)13(3,9-14)8-11-6-4-5-7-12(11)15/h4-7,10H,8-9H2,1-3H3. The molecule has 0 spiro atoms. The van der Waals surface area contributed by atoms with Gasteiger partial charge >= 0.3 is 0 Å². The summed E-state index contributed by atoms with van der Waals surface area (Å²) in [6, 6.07) is 8.11. The monoisotopic (exact) mass is 288 g/mol. The highest BCUT2D eigenvalue weighted by Gasteiger charge is 2.27. The highest BCUT2D eigenvalue weighted by atomic mass is 79.9. The minimum Gasteiger partial charge on any atom is -0.0922 e. The van der Waals surface area contributed by atoms with Crippen molar-refractivity contribution in [3.05, 3.63) is 34.9 Å². The molecule has 1 unspecified atom stereocenters. The molecule has 0 N–H and O–H groups in total. The molecule has 1 aromatic carbocycles. The normalized spacial score (nSPS) is 15.3. The minimum absolute atomic E-state index is 0.269. The molecule has 1 atom stereocenters. The Kier molecular flexibility index (Phi) is 4.66. The third-order valence-corrected chi connectivity index (χ3v) is 4.90. The van der Waals surface area contributed by atoms with Crippen molar-refractivity contribution in [1.29, 1.82) is 0 Å². The Morgan fingerprint density at radius 2 is 1.93 bits per heavy atom. The second-order valence-electron chi connectivity index (χ2n) is 4.71. The highest BCUT2D eigenvalue weighted by Crippen LogP contribution is 2.35. The van der Waals surface area contributed by atoms with Gasteiger partial charge in [-0.15, -0.1) is 0 Å². The van der Waals surface area contributed by atoms with Gasteiger partial charge in [-0.2, -0.15) is 0 Å². The van der Waals surface area contributed by atoms with Crippen molar-refractivity contribution in [3.8, 4) is 0 Å². The van der Waals surface area contributed by atoms with Crippen LogP contribution in [0.3, 0.4) is 0 Å². The van der Waals surface area contributed by atoms with E-state index in [4.69, 9.17) is 11.6 Å². The maximum absolute atomic E-state index is 6.18. The zero-order valence-corrected chi connectivity index (χ0v) is 11.9. The first-order valence-corrected chi connectivity index (χ1v) is 6.79. The number of hydrogen-bond acceptors (Lipinski definition) is 0. The van der Waals surface area contributed by atoms with Gasteiger partial charge in [-0.05, 0) is 29.4 Å². The smallest absolute Gasteiger partial charge is 0.0438 e. The van der Waals surface area contributed by atoms with Gasteiger partial charge in [-0.25, -0.2) is 0 Å². The molecular formula is C13H18BrCl. The zero-order valence-electron chi connectivity index (χ0n) is 9.56. The molecule has 2 heteroatoms. The number of halogens is 2. The molecule has 0 aliphatic heterocycles. The first-order chi connectivity index (χ1) is 6.99. The molecule has 0 nitrogen and oxygen atoms in total. The summed E-state index contributed by atoms with van der Waals surface area (Å²) in [6.45, 7) is 6.83. The van der Waals surface area contributed by atoms with E-state index < -0.39 is 0 Å². The van der Waals surface area contributed by atoms with Crippen molar-refractivity contribution >= 4 is 27.5 Å². The van der Waals surface area contributed by atoms with Gasteiger partial charge in [0.2, 0.25) is 0 Å². The van der Waals surface area contributed by atoms with E-state index in [1.807, 2.05) is 12.1 Å². The van der Waals surface area contributed by atoms with Crippen LogP contribution < -0.4 is 0 Å². The average molecular weight is 290 g/mol. The van der Waals surface area contributed by atoms with E-state index in [2.05, 4.69) is 48.8 Å². The summed E-state index contributed by atoms with van der Waals surface area (Å²) in [5.74, 6) is 0.633. The van der Waals surface area contributed by atoms with Crippen LogP contribution in [-0.2, 0) is 6.42 Å². The summed E-state index contributed by atoms with van der Waals surface area (Å²) in [5.41, 5.74) is 1.51. The van der Waals surface area contributed by atoms with Crippen LogP contribution in [0, 0.1) is 11.3 Å². The topological polar surface area (TPSA) is 0 Å². The molecule has 0 aliphatic carbocycles. The summed E-state index contributed by atoms with van der Waals surface area (Å²) < 4.78 is 0. The zero-order chi connectivity index (χ0) is 11.5. The van der Waals surface area contributed by atoms with Crippen LogP contribution in [-0.4, -0.2) is 5.33 Å². The Hall–Kier alpha value is -0.0100. The lowest BCUT2D eigenvalue weighted by atomic mass is 9.76. The number of alkyl halides is 1. The Morgan fingerprint density at radius 1 is 1.33 bits per heavy atom. The summed E-state index contributed by atoms with van der Waals surface area (Å²) in [6.07, 6.45) is 1.02. The van der Waals surface area contributed by atoms with Gasteiger partial charge in [0, 0.05) is 10.4 Å². The fourth-order valence-corrected chi connectivity index (χ4v) is 2.53. The molecule has 0 saturated heterocycles.